The molecule has 14 heavy (non-hydrogen) atoms. The lowest BCUT2D eigenvalue weighted by atomic mass is 9.83. The topological polar surface area (TPSA) is 6.48 Å². The largest absolute Gasteiger partial charge is 0.285 e. The minimum Gasteiger partial charge on any atom is -0.285 e. The molecule has 3 fully saturated rings. The van der Waals surface area contributed by atoms with E-state index in [0.717, 1.165) is 0 Å². The van der Waals surface area contributed by atoms with Gasteiger partial charge in [-0.3, -0.25) is 9.80 Å². The van der Waals surface area contributed by atoms with Crippen LogP contribution in [-0.2, 0) is 0 Å². The average molecular weight is 194 g/mol. The molecule has 0 unspecified atom stereocenters. The van der Waals surface area contributed by atoms with Crippen LogP contribution in [0.4, 0.5) is 0 Å². The summed E-state index contributed by atoms with van der Waals surface area (Å²) in [5, 5.41) is 0. The molecular formula is C12H22N2. The van der Waals surface area contributed by atoms with E-state index in [2.05, 4.69) is 9.80 Å². The second-order valence-corrected chi connectivity index (χ2v) is 5.22. The van der Waals surface area contributed by atoms with Crippen molar-refractivity contribution in [3.05, 3.63) is 0 Å². The van der Waals surface area contributed by atoms with Gasteiger partial charge in [-0.1, -0.05) is 0 Å². The number of rotatable bonds is 0. The highest BCUT2D eigenvalue weighted by Gasteiger charge is 2.46. The van der Waals surface area contributed by atoms with Crippen LogP contribution in [0.3, 0.4) is 0 Å². The summed E-state index contributed by atoms with van der Waals surface area (Å²) in [4.78, 5) is 5.61. The van der Waals surface area contributed by atoms with Crippen molar-refractivity contribution >= 4 is 0 Å². The van der Waals surface area contributed by atoms with Gasteiger partial charge in [0.15, 0.2) is 0 Å². The molecule has 0 aromatic heterocycles. The Labute approximate surface area is 87.3 Å². The van der Waals surface area contributed by atoms with E-state index in [9.17, 15) is 0 Å². The van der Waals surface area contributed by atoms with Crippen molar-refractivity contribution in [1.29, 1.82) is 0 Å². The van der Waals surface area contributed by atoms with E-state index in [0.29, 0.717) is 5.66 Å². The summed E-state index contributed by atoms with van der Waals surface area (Å²) in [6.07, 6.45) is 10.1. The maximum atomic E-state index is 2.80. The molecule has 3 heterocycles. The van der Waals surface area contributed by atoms with Gasteiger partial charge in [0.2, 0.25) is 0 Å². The van der Waals surface area contributed by atoms with E-state index in [1.165, 1.54) is 71.1 Å². The fourth-order valence-corrected chi connectivity index (χ4v) is 3.89. The lowest BCUT2D eigenvalue weighted by Gasteiger charge is -2.59. The molecule has 1 spiro atoms. The molecule has 3 aliphatic rings. The molecule has 2 heteroatoms. The van der Waals surface area contributed by atoms with E-state index >= 15 is 0 Å². The fourth-order valence-electron chi connectivity index (χ4n) is 3.89. The average Bonchev–Trinajstić information content (AvgIpc) is 2.26. The first-order chi connectivity index (χ1) is 6.92. The van der Waals surface area contributed by atoms with Crippen LogP contribution in [0.1, 0.15) is 44.9 Å². The molecule has 0 aromatic carbocycles. The highest BCUT2D eigenvalue weighted by molar-refractivity contribution is 4.98. The van der Waals surface area contributed by atoms with Crippen LogP contribution in [0.15, 0.2) is 0 Å². The third-order valence-electron chi connectivity index (χ3n) is 4.54. The first kappa shape index (κ1) is 9.17. The second-order valence-electron chi connectivity index (χ2n) is 5.22. The van der Waals surface area contributed by atoms with Crippen LogP contribution in [0, 0.1) is 0 Å². The highest BCUT2D eigenvalue weighted by Crippen LogP contribution is 2.41. The summed E-state index contributed by atoms with van der Waals surface area (Å²) in [5.74, 6) is 0. The molecule has 0 bridgehead atoms. The fraction of sp³-hybridized carbons (Fsp3) is 1.00. The van der Waals surface area contributed by atoms with Crippen molar-refractivity contribution in [2.24, 2.45) is 0 Å². The highest BCUT2D eigenvalue weighted by atomic mass is 15.4. The Morgan fingerprint density at radius 2 is 1.07 bits per heavy atom. The summed E-state index contributed by atoms with van der Waals surface area (Å²) < 4.78 is 0. The molecule has 80 valence electrons. The number of nitrogens with zero attached hydrogens (tertiary/aromatic N) is 2. The molecule has 2 nitrogen and oxygen atoms in total. The van der Waals surface area contributed by atoms with Gasteiger partial charge < -0.3 is 0 Å². The van der Waals surface area contributed by atoms with E-state index < -0.39 is 0 Å². The zero-order chi connectivity index (χ0) is 9.43. The molecule has 0 aliphatic carbocycles. The molecule has 0 radical (unpaired) electrons. The Morgan fingerprint density at radius 1 is 0.571 bits per heavy atom. The number of hydrogen-bond acceptors (Lipinski definition) is 2. The Kier molecular flexibility index (Phi) is 2.29. The molecule has 3 aliphatic heterocycles. The van der Waals surface area contributed by atoms with Crippen LogP contribution in [0.25, 0.3) is 0 Å². The molecular weight excluding hydrogens is 172 g/mol. The molecule has 0 saturated carbocycles. The monoisotopic (exact) mass is 194 g/mol. The van der Waals surface area contributed by atoms with Crippen LogP contribution in [0.5, 0.6) is 0 Å². The van der Waals surface area contributed by atoms with Gasteiger partial charge in [0, 0.05) is 13.1 Å². The van der Waals surface area contributed by atoms with Crippen LogP contribution < -0.4 is 0 Å². The van der Waals surface area contributed by atoms with Gasteiger partial charge >= 0.3 is 0 Å². The van der Waals surface area contributed by atoms with Crippen LogP contribution >= 0.6 is 0 Å². The minimum absolute atomic E-state index is 0.536. The third kappa shape index (κ3) is 1.24. The maximum absolute atomic E-state index is 2.80. The van der Waals surface area contributed by atoms with Crippen LogP contribution in [-0.4, -0.2) is 41.6 Å². The Bertz CT molecular complexity index is 188. The molecule has 3 rings (SSSR count). The summed E-state index contributed by atoms with van der Waals surface area (Å²) >= 11 is 0. The van der Waals surface area contributed by atoms with Gasteiger partial charge in [-0.05, 0) is 58.0 Å². The second kappa shape index (κ2) is 3.49. The lowest BCUT2D eigenvalue weighted by molar-refractivity contribution is -0.133. The smallest absolute Gasteiger partial charge is 0.0737 e. The number of piperidine rings is 2. The van der Waals surface area contributed by atoms with Gasteiger partial charge in [0.1, 0.15) is 0 Å². The summed E-state index contributed by atoms with van der Waals surface area (Å²) in [6.45, 7) is 5.49. The first-order valence-corrected chi connectivity index (χ1v) is 6.42. The van der Waals surface area contributed by atoms with Gasteiger partial charge in [-0.15, -0.1) is 0 Å². The maximum Gasteiger partial charge on any atom is 0.0737 e. The van der Waals surface area contributed by atoms with Gasteiger partial charge in [0.25, 0.3) is 0 Å². The zero-order valence-corrected chi connectivity index (χ0v) is 9.17. The SMILES string of the molecule is C1CCC23CCCCN2CCCN3C1. The van der Waals surface area contributed by atoms with E-state index in [1.807, 2.05) is 0 Å². The minimum atomic E-state index is 0.536. The summed E-state index contributed by atoms with van der Waals surface area (Å²) in [6, 6.07) is 0. The number of hydrogen-bond donors (Lipinski definition) is 0. The standard InChI is InChI=1S/C12H22N2/c1-3-8-13-10-5-11-14-9-4-2-7-12(13,14)6-1/h1-11H2. The van der Waals surface area contributed by atoms with Crippen molar-refractivity contribution in [3.8, 4) is 0 Å². The van der Waals surface area contributed by atoms with Crippen molar-refractivity contribution in [2.45, 2.75) is 50.6 Å². The predicted octanol–water partition coefficient (Wildman–Crippen LogP) is 2.06. The summed E-state index contributed by atoms with van der Waals surface area (Å²) in [7, 11) is 0. The van der Waals surface area contributed by atoms with Crippen molar-refractivity contribution < 1.29 is 0 Å². The van der Waals surface area contributed by atoms with E-state index in [4.69, 9.17) is 0 Å². The Morgan fingerprint density at radius 3 is 1.64 bits per heavy atom. The quantitative estimate of drug-likeness (QED) is 0.582. The van der Waals surface area contributed by atoms with Crippen molar-refractivity contribution in [1.82, 2.24) is 9.80 Å². The molecule has 0 atom stereocenters. The predicted molar refractivity (Wildman–Crippen MR) is 58.2 cm³/mol. The van der Waals surface area contributed by atoms with Crippen molar-refractivity contribution in [2.75, 3.05) is 26.2 Å². The lowest BCUT2D eigenvalue weighted by Crippen LogP contribution is -2.67. The van der Waals surface area contributed by atoms with Crippen molar-refractivity contribution in [3.63, 3.8) is 0 Å². The van der Waals surface area contributed by atoms with E-state index in [-0.39, 0.29) is 0 Å². The van der Waals surface area contributed by atoms with Crippen LogP contribution in [0.2, 0.25) is 0 Å². The molecule has 3 saturated heterocycles. The van der Waals surface area contributed by atoms with E-state index in [1.54, 1.807) is 0 Å². The normalized spacial score (nSPS) is 33.4. The Hall–Kier alpha value is -0.0800. The first-order valence-electron chi connectivity index (χ1n) is 6.42. The molecule has 0 aromatic rings. The molecule has 0 N–H and O–H groups in total. The van der Waals surface area contributed by atoms with Gasteiger partial charge in [-0.25, -0.2) is 0 Å². The Balaban J connectivity index is 1.87. The van der Waals surface area contributed by atoms with Gasteiger partial charge in [-0.2, -0.15) is 0 Å². The molecule has 0 amide bonds. The summed E-state index contributed by atoms with van der Waals surface area (Å²) in [5.41, 5.74) is 0.536. The third-order valence-corrected chi connectivity index (χ3v) is 4.54. The zero-order valence-electron chi connectivity index (χ0n) is 9.17. The van der Waals surface area contributed by atoms with Gasteiger partial charge in [0.05, 0.1) is 5.66 Å².